The number of ether oxygens (including phenoxy) is 1. The fraction of sp³-hybridized carbons (Fsp3) is 0.536. The van der Waals surface area contributed by atoms with Crippen molar-refractivity contribution in [3.05, 3.63) is 64.2 Å². The maximum Gasteiger partial charge on any atom is 0.416 e. The molecular formula is C28H38F3N3O2. The largest absolute Gasteiger partial charge is 0.492 e. The lowest BCUT2D eigenvalue weighted by molar-refractivity contribution is -0.137. The fourth-order valence-corrected chi connectivity index (χ4v) is 4.58. The van der Waals surface area contributed by atoms with E-state index in [0.717, 1.165) is 36.5 Å². The van der Waals surface area contributed by atoms with Crippen LogP contribution in [-0.4, -0.2) is 61.6 Å². The number of hydrogen-bond acceptors (Lipinski definition) is 4. The van der Waals surface area contributed by atoms with Crippen LogP contribution < -0.4 is 10.1 Å². The first-order valence-corrected chi connectivity index (χ1v) is 12.8. The van der Waals surface area contributed by atoms with Gasteiger partial charge in [-0.2, -0.15) is 13.2 Å². The molecule has 1 N–H and O–H groups in total. The van der Waals surface area contributed by atoms with E-state index >= 15 is 0 Å². The maximum absolute atomic E-state index is 12.8. The lowest BCUT2D eigenvalue weighted by Gasteiger charge is -2.39. The van der Waals surface area contributed by atoms with Gasteiger partial charge in [0.05, 0.1) is 5.56 Å². The Hall–Kier alpha value is -2.58. The van der Waals surface area contributed by atoms with E-state index in [9.17, 15) is 18.0 Å². The molecule has 1 saturated heterocycles. The summed E-state index contributed by atoms with van der Waals surface area (Å²) in [6.45, 7) is 13.5. The number of rotatable bonds is 10. The third-order valence-corrected chi connectivity index (χ3v) is 7.08. The molecule has 198 valence electrons. The molecule has 5 nitrogen and oxygen atoms in total. The van der Waals surface area contributed by atoms with E-state index in [1.807, 2.05) is 6.07 Å². The smallest absolute Gasteiger partial charge is 0.416 e. The minimum absolute atomic E-state index is 0.178. The van der Waals surface area contributed by atoms with Gasteiger partial charge in [0, 0.05) is 44.3 Å². The molecule has 0 saturated carbocycles. The van der Waals surface area contributed by atoms with Crippen molar-refractivity contribution in [2.45, 2.75) is 52.8 Å². The molecule has 1 aliphatic rings. The average Bonchev–Trinajstić information content (AvgIpc) is 2.87. The number of carbonyl (C=O) groups is 1. The van der Waals surface area contributed by atoms with Gasteiger partial charge in [-0.05, 0) is 80.8 Å². The summed E-state index contributed by atoms with van der Waals surface area (Å²) in [4.78, 5) is 16.9. The quantitative estimate of drug-likeness (QED) is 0.427. The van der Waals surface area contributed by atoms with Crippen LogP contribution in [0.1, 0.15) is 65.3 Å². The Labute approximate surface area is 212 Å². The summed E-state index contributed by atoms with van der Waals surface area (Å²) in [6.07, 6.45) is -2.06. The van der Waals surface area contributed by atoms with Crippen LogP contribution in [0.3, 0.4) is 0 Å². The summed E-state index contributed by atoms with van der Waals surface area (Å²) in [5.74, 6) is 0.682. The highest BCUT2D eigenvalue weighted by Gasteiger charge is 2.31. The first-order valence-electron chi connectivity index (χ1n) is 12.8. The van der Waals surface area contributed by atoms with Crippen molar-refractivity contribution in [2.24, 2.45) is 0 Å². The van der Waals surface area contributed by atoms with Crippen LogP contribution in [0.4, 0.5) is 13.2 Å². The van der Waals surface area contributed by atoms with E-state index in [1.165, 1.54) is 36.1 Å². The number of carbonyl (C=O) groups excluding carboxylic acids is 1. The van der Waals surface area contributed by atoms with Gasteiger partial charge in [0.25, 0.3) is 5.91 Å². The molecule has 0 aliphatic carbocycles. The first kappa shape index (κ1) is 28.0. The van der Waals surface area contributed by atoms with E-state index in [0.29, 0.717) is 32.8 Å². The van der Waals surface area contributed by atoms with Crippen molar-refractivity contribution >= 4 is 5.91 Å². The maximum atomic E-state index is 12.8. The second kappa shape index (κ2) is 12.6. The van der Waals surface area contributed by atoms with E-state index < -0.39 is 11.7 Å². The predicted octanol–water partition coefficient (Wildman–Crippen LogP) is 5.61. The van der Waals surface area contributed by atoms with Gasteiger partial charge >= 0.3 is 6.18 Å². The molecule has 1 heterocycles. The van der Waals surface area contributed by atoms with Gasteiger partial charge < -0.3 is 15.0 Å². The number of unbranched alkanes of at least 4 members (excludes halogenated alkanes) is 1. The SMILES string of the molecule is CCCCNCCOc1ccc(C(C)N2CCN(C(=O)c3ccc(C(F)(F)F)cc3)CC2)c(C)c1C. The Kier molecular flexibility index (Phi) is 9.79. The Morgan fingerprint density at radius 1 is 1.00 bits per heavy atom. The number of alkyl halides is 3. The molecule has 2 aromatic carbocycles. The summed E-state index contributed by atoms with van der Waals surface area (Å²) < 4.78 is 44.4. The Bertz CT molecular complexity index is 1000. The Balaban J connectivity index is 1.55. The molecule has 1 aliphatic heterocycles. The van der Waals surface area contributed by atoms with E-state index in [-0.39, 0.29) is 17.5 Å². The number of halogens is 3. The molecule has 36 heavy (non-hydrogen) atoms. The number of amides is 1. The summed E-state index contributed by atoms with van der Waals surface area (Å²) >= 11 is 0. The second-order valence-electron chi connectivity index (χ2n) is 9.43. The van der Waals surface area contributed by atoms with Crippen molar-refractivity contribution < 1.29 is 22.7 Å². The van der Waals surface area contributed by atoms with Crippen molar-refractivity contribution in [3.63, 3.8) is 0 Å². The zero-order valence-corrected chi connectivity index (χ0v) is 21.8. The minimum atomic E-state index is -4.41. The molecule has 1 amide bonds. The Morgan fingerprint density at radius 3 is 2.28 bits per heavy atom. The lowest BCUT2D eigenvalue weighted by atomic mass is 9.96. The van der Waals surface area contributed by atoms with Crippen molar-refractivity contribution in [2.75, 3.05) is 45.9 Å². The van der Waals surface area contributed by atoms with Gasteiger partial charge in [0.15, 0.2) is 0 Å². The summed E-state index contributed by atoms with van der Waals surface area (Å²) in [7, 11) is 0. The van der Waals surface area contributed by atoms with E-state index in [4.69, 9.17) is 4.74 Å². The third-order valence-electron chi connectivity index (χ3n) is 7.08. The summed E-state index contributed by atoms with van der Waals surface area (Å²) in [6, 6.07) is 8.81. The number of nitrogens with one attached hydrogen (secondary N) is 1. The van der Waals surface area contributed by atoms with Crippen molar-refractivity contribution in [1.82, 2.24) is 15.1 Å². The highest BCUT2D eigenvalue weighted by atomic mass is 19.4. The second-order valence-corrected chi connectivity index (χ2v) is 9.43. The molecule has 1 atom stereocenters. The molecule has 0 radical (unpaired) electrons. The zero-order valence-electron chi connectivity index (χ0n) is 21.8. The lowest BCUT2D eigenvalue weighted by Crippen LogP contribution is -2.49. The van der Waals surface area contributed by atoms with Crippen LogP contribution in [-0.2, 0) is 6.18 Å². The molecule has 0 spiro atoms. The number of piperazine rings is 1. The van der Waals surface area contributed by atoms with Crippen LogP contribution in [0.15, 0.2) is 36.4 Å². The Morgan fingerprint density at radius 2 is 1.67 bits per heavy atom. The van der Waals surface area contributed by atoms with Crippen molar-refractivity contribution in [3.8, 4) is 5.75 Å². The highest BCUT2D eigenvalue weighted by molar-refractivity contribution is 5.94. The molecule has 3 rings (SSSR count). The van der Waals surface area contributed by atoms with Gasteiger partial charge in [-0.3, -0.25) is 9.69 Å². The van der Waals surface area contributed by atoms with Gasteiger partial charge in [0.1, 0.15) is 12.4 Å². The number of hydrogen-bond donors (Lipinski definition) is 1. The fourth-order valence-electron chi connectivity index (χ4n) is 4.58. The molecular weight excluding hydrogens is 467 g/mol. The van der Waals surface area contributed by atoms with Crippen LogP contribution in [0.2, 0.25) is 0 Å². The minimum Gasteiger partial charge on any atom is -0.492 e. The zero-order chi connectivity index (χ0) is 26.3. The van der Waals surface area contributed by atoms with E-state index in [1.54, 1.807) is 4.90 Å². The molecule has 1 unspecified atom stereocenters. The molecule has 1 fully saturated rings. The van der Waals surface area contributed by atoms with Gasteiger partial charge in [0.2, 0.25) is 0 Å². The standard InChI is InChI=1S/C28H38F3N3O2/c1-5-6-13-32-14-19-36-26-12-11-25(20(2)21(26)3)22(4)33-15-17-34(18-16-33)27(35)23-7-9-24(10-8-23)28(29,30)31/h7-12,22,32H,5-6,13-19H2,1-4H3. The number of benzene rings is 2. The predicted molar refractivity (Wildman–Crippen MR) is 137 cm³/mol. The third kappa shape index (κ3) is 7.01. The average molecular weight is 506 g/mol. The van der Waals surface area contributed by atoms with Gasteiger partial charge in [-0.1, -0.05) is 19.4 Å². The first-order chi connectivity index (χ1) is 17.1. The van der Waals surface area contributed by atoms with Crippen molar-refractivity contribution in [1.29, 1.82) is 0 Å². The van der Waals surface area contributed by atoms with Gasteiger partial charge in [-0.15, -0.1) is 0 Å². The van der Waals surface area contributed by atoms with Gasteiger partial charge in [-0.25, -0.2) is 0 Å². The van der Waals surface area contributed by atoms with Crippen LogP contribution in [0.5, 0.6) is 5.75 Å². The molecule has 0 aromatic heterocycles. The highest BCUT2D eigenvalue weighted by Crippen LogP contribution is 2.32. The molecule has 0 bridgehead atoms. The van der Waals surface area contributed by atoms with Crippen LogP contribution in [0.25, 0.3) is 0 Å². The monoisotopic (exact) mass is 505 g/mol. The summed E-state index contributed by atoms with van der Waals surface area (Å²) in [5.41, 5.74) is 3.13. The molecule has 8 heteroatoms. The normalized spacial score (nSPS) is 15.7. The topological polar surface area (TPSA) is 44.8 Å². The van der Waals surface area contributed by atoms with Crippen LogP contribution in [0, 0.1) is 13.8 Å². The summed E-state index contributed by atoms with van der Waals surface area (Å²) in [5, 5.41) is 3.39. The van der Waals surface area contributed by atoms with Crippen LogP contribution >= 0.6 is 0 Å². The van der Waals surface area contributed by atoms with E-state index in [2.05, 4.69) is 44.0 Å². The number of nitrogens with zero attached hydrogens (tertiary/aromatic N) is 2. The molecule has 2 aromatic rings.